The summed E-state index contributed by atoms with van der Waals surface area (Å²) in [5, 5.41) is 13.9. The molecule has 0 saturated carbocycles. The lowest BCUT2D eigenvalue weighted by Gasteiger charge is -2.13. The number of para-hydroxylation sites is 1. The van der Waals surface area contributed by atoms with E-state index in [0.717, 1.165) is 29.5 Å². The van der Waals surface area contributed by atoms with Gasteiger partial charge in [-0.15, -0.1) is 18.3 Å². The lowest BCUT2D eigenvalue weighted by molar-refractivity contribution is -0.274. The SMILES string of the molecule is COc1ccccc1CNC(=O)C(C)Sc1nnnn1-c1ccc(OC(F)(F)F)cc1. The van der Waals surface area contributed by atoms with Crippen molar-refractivity contribution in [3.05, 3.63) is 54.1 Å². The second-order valence-electron chi connectivity index (χ2n) is 6.20. The summed E-state index contributed by atoms with van der Waals surface area (Å²) in [6.45, 7) is 1.99. The molecule has 2 aromatic carbocycles. The molecule has 0 bridgehead atoms. The summed E-state index contributed by atoms with van der Waals surface area (Å²) >= 11 is 1.11. The van der Waals surface area contributed by atoms with E-state index in [1.807, 2.05) is 18.2 Å². The number of amides is 1. The first-order valence-corrected chi connectivity index (χ1v) is 9.85. The van der Waals surface area contributed by atoms with Crippen LogP contribution < -0.4 is 14.8 Å². The van der Waals surface area contributed by atoms with Crippen LogP contribution in [0.1, 0.15) is 12.5 Å². The van der Waals surface area contributed by atoms with E-state index in [4.69, 9.17) is 4.74 Å². The zero-order valence-electron chi connectivity index (χ0n) is 16.5. The molecule has 0 aliphatic carbocycles. The van der Waals surface area contributed by atoms with Gasteiger partial charge in [0.15, 0.2) is 0 Å². The van der Waals surface area contributed by atoms with Crippen molar-refractivity contribution >= 4 is 17.7 Å². The van der Waals surface area contributed by atoms with Gasteiger partial charge >= 0.3 is 6.36 Å². The summed E-state index contributed by atoms with van der Waals surface area (Å²) in [4.78, 5) is 12.5. The largest absolute Gasteiger partial charge is 0.573 e. The summed E-state index contributed by atoms with van der Waals surface area (Å²) in [5.74, 6) is 0.0759. The summed E-state index contributed by atoms with van der Waals surface area (Å²) in [7, 11) is 1.56. The standard InChI is InChI=1S/C19H18F3N5O3S/c1-12(17(28)23-11-13-5-3-4-6-16(13)29-2)31-18-24-25-26-27(18)14-7-9-15(10-8-14)30-19(20,21)22/h3-10,12H,11H2,1-2H3,(H,23,28). The number of ether oxygens (including phenoxy) is 2. The fraction of sp³-hybridized carbons (Fsp3) is 0.263. The van der Waals surface area contributed by atoms with Crippen molar-refractivity contribution in [2.24, 2.45) is 0 Å². The number of nitrogens with one attached hydrogen (secondary N) is 1. The lowest BCUT2D eigenvalue weighted by Crippen LogP contribution is -2.30. The molecule has 1 heterocycles. The molecule has 8 nitrogen and oxygen atoms in total. The highest BCUT2D eigenvalue weighted by Gasteiger charge is 2.31. The Bertz CT molecular complexity index is 1030. The number of thioether (sulfide) groups is 1. The minimum Gasteiger partial charge on any atom is -0.496 e. The van der Waals surface area contributed by atoms with Gasteiger partial charge in [-0.05, 0) is 47.7 Å². The summed E-state index contributed by atoms with van der Waals surface area (Å²) in [6, 6.07) is 12.4. The maximum atomic E-state index is 12.5. The Morgan fingerprint density at radius 1 is 1.19 bits per heavy atom. The van der Waals surface area contributed by atoms with Gasteiger partial charge in [-0.25, -0.2) is 0 Å². The average molecular weight is 453 g/mol. The molecule has 12 heteroatoms. The van der Waals surface area contributed by atoms with Crippen molar-refractivity contribution in [1.82, 2.24) is 25.5 Å². The molecule has 1 N–H and O–H groups in total. The number of hydrogen-bond acceptors (Lipinski definition) is 7. The Morgan fingerprint density at radius 2 is 1.90 bits per heavy atom. The zero-order chi connectivity index (χ0) is 22.4. The van der Waals surface area contributed by atoms with E-state index in [1.54, 1.807) is 20.1 Å². The molecule has 0 aliphatic rings. The first-order chi connectivity index (χ1) is 14.8. The predicted octanol–water partition coefficient (Wildman–Crippen LogP) is 3.37. The molecular formula is C19H18F3N5O3S. The number of alkyl halides is 3. The minimum atomic E-state index is -4.77. The van der Waals surface area contributed by atoms with Gasteiger partial charge in [0.2, 0.25) is 11.1 Å². The van der Waals surface area contributed by atoms with E-state index in [1.165, 1.54) is 16.8 Å². The van der Waals surface area contributed by atoms with Crippen LogP contribution in [-0.2, 0) is 11.3 Å². The Kier molecular flexibility index (Phi) is 7.00. The molecule has 31 heavy (non-hydrogen) atoms. The molecule has 1 unspecified atom stereocenters. The summed E-state index contributed by atoms with van der Waals surface area (Å²) in [6.07, 6.45) is -4.77. The van der Waals surface area contributed by atoms with Gasteiger partial charge in [0.05, 0.1) is 18.0 Å². The van der Waals surface area contributed by atoms with E-state index in [0.29, 0.717) is 23.1 Å². The van der Waals surface area contributed by atoms with Crippen LogP contribution in [0.5, 0.6) is 11.5 Å². The Morgan fingerprint density at radius 3 is 2.58 bits per heavy atom. The summed E-state index contributed by atoms with van der Waals surface area (Å²) in [5.41, 5.74) is 1.25. The van der Waals surface area contributed by atoms with E-state index in [9.17, 15) is 18.0 Å². The molecular weight excluding hydrogens is 435 g/mol. The van der Waals surface area contributed by atoms with Gasteiger partial charge < -0.3 is 14.8 Å². The Labute approximate surface area is 179 Å². The average Bonchev–Trinajstić information content (AvgIpc) is 3.19. The monoisotopic (exact) mass is 453 g/mol. The number of aromatic nitrogens is 4. The maximum absolute atomic E-state index is 12.5. The number of carbonyl (C=O) groups excluding carboxylic acids is 1. The number of methoxy groups -OCH3 is 1. The number of rotatable bonds is 8. The van der Waals surface area contributed by atoms with Crippen LogP contribution in [0.15, 0.2) is 53.7 Å². The van der Waals surface area contributed by atoms with E-state index in [-0.39, 0.29) is 11.7 Å². The molecule has 0 saturated heterocycles. The number of halogens is 3. The third-order valence-electron chi connectivity index (χ3n) is 4.05. The first kappa shape index (κ1) is 22.4. The van der Waals surface area contributed by atoms with E-state index < -0.39 is 11.6 Å². The molecule has 0 spiro atoms. The minimum absolute atomic E-state index is 0.237. The molecule has 0 radical (unpaired) electrons. The van der Waals surface area contributed by atoms with Gasteiger partial charge in [-0.1, -0.05) is 30.0 Å². The summed E-state index contributed by atoms with van der Waals surface area (Å²) < 4.78 is 47.4. The number of hydrogen-bond donors (Lipinski definition) is 1. The number of tetrazole rings is 1. The first-order valence-electron chi connectivity index (χ1n) is 8.97. The zero-order valence-corrected chi connectivity index (χ0v) is 17.3. The van der Waals surface area contributed by atoms with Gasteiger partial charge in [-0.2, -0.15) is 4.68 Å². The number of benzene rings is 2. The molecule has 0 aliphatic heterocycles. The number of nitrogens with zero attached hydrogens (tertiary/aromatic N) is 4. The highest BCUT2D eigenvalue weighted by atomic mass is 32.2. The quantitative estimate of drug-likeness (QED) is 0.523. The molecule has 1 amide bonds. The fourth-order valence-corrected chi connectivity index (χ4v) is 3.42. The van der Waals surface area contributed by atoms with Crippen LogP contribution in [0.25, 0.3) is 5.69 Å². The molecule has 164 valence electrons. The predicted molar refractivity (Wildman–Crippen MR) is 106 cm³/mol. The second-order valence-corrected chi connectivity index (χ2v) is 7.51. The van der Waals surface area contributed by atoms with Crippen molar-refractivity contribution in [3.63, 3.8) is 0 Å². The lowest BCUT2D eigenvalue weighted by atomic mass is 10.2. The van der Waals surface area contributed by atoms with Crippen LogP contribution in [0, 0.1) is 0 Å². The van der Waals surface area contributed by atoms with Crippen molar-refractivity contribution in [2.45, 2.75) is 30.2 Å². The van der Waals surface area contributed by atoms with Gasteiger partial charge in [0, 0.05) is 12.1 Å². The van der Waals surface area contributed by atoms with E-state index in [2.05, 4.69) is 25.6 Å². The van der Waals surface area contributed by atoms with Gasteiger partial charge in [0.1, 0.15) is 11.5 Å². The van der Waals surface area contributed by atoms with Crippen LogP contribution in [0.4, 0.5) is 13.2 Å². The Hall–Kier alpha value is -3.28. The maximum Gasteiger partial charge on any atom is 0.573 e. The second kappa shape index (κ2) is 9.69. The highest BCUT2D eigenvalue weighted by molar-refractivity contribution is 8.00. The van der Waals surface area contributed by atoms with Crippen LogP contribution in [-0.4, -0.2) is 44.8 Å². The highest BCUT2D eigenvalue weighted by Crippen LogP contribution is 2.26. The third kappa shape index (κ3) is 6.10. The smallest absolute Gasteiger partial charge is 0.496 e. The van der Waals surface area contributed by atoms with Crippen molar-refractivity contribution in [3.8, 4) is 17.2 Å². The molecule has 3 rings (SSSR count). The van der Waals surface area contributed by atoms with Crippen molar-refractivity contribution in [2.75, 3.05) is 7.11 Å². The normalized spacial score (nSPS) is 12.3. The van der Waals surface area contributed by atoms with Crippen molar-refractivity contribution in [1.29, 1.82) is 0 Å². The van der Waals surface area contributed by atoms with Crippen LogP contribution >= 0.6 is 11.8 Å². The molecule has 1 atom stereocenters. The third-order valence-corrected chi connectivity index (χ3v) is 5.09. The van der Waals surface area contributed by atoms with Crippen LogP contribution in [0.3, 0.4) is 0 Å². The fourth-order valence-electron chi connectivity index (χ4n) is 2.59. The van der Waals surface area contributed by atoms with Gasteiger partial charge in [0.25, 0.3) is 0 Å². The molecule has 0 fully saturated rings. The topological polar surface area (TPSA) is 91.2 Å². The molecule has 3 aromatic rings. The van der Waals surface area contributed by atoms with Crippen molar-refractivity contribution < 1.29 is 27.4 Å². The number of carbonyl (C=O) groups is 1. The molecule has 1 aromatic heterocycles. The van der Waals surface area contributed by atoms with E-state index >= 15 is 0 Å². The van der Waals surface area contributed by atoms with Crippen LogP contribution in [0.2, 0.25) is 0 Å². The Balaban J connectivity index is 1.63. The van der Waals surface area contributed by atoms with Gasteiger partial charge in [-0.3, -0.25) is 4.79 Å².